The molecule has 0 bridgehead atoms. The molecule has 0 aliphatic heterocycles. The van der Waals surface area contributed by atoms with Crippen LogP contribution in [0.5, 0.6) is 0 Å². The molecule has 2 aromatic heterocycles. The summed E-state index contributed by atoms with van der Waals surface area (Å²) in [7, 11) is 0. The third-order valence-electron chi connectivity index (χ3n) is 4.00. The molecule has 2 aromatic rings. The van der Waals surface area contributed by atoms with Gasteiger partial charge in [0.1, 0.15) is 5.76 Å². The first-order valence-corrected chi connectivity index (χ1v) is 8.81. The molecule has 3 rings (SSSR count). The van der Waals surface area contributed by atoms with Crippen molar-refractivity contribution in [3.63, 3.8) is 0 Å². The number of aromatic nitrogens is 2. The quantitative estimate of drug-likeness (QED) is 0.851. The highest BCUT2D eigenvalue weighted by molar-refractivity contribution is 7.09. The van der Waals surface area contributed by atoms with Crippen LogP contribution in [0.4, 0.5) is 4.79 Å². The molecule has 1 fully saturated rings. The zero-order valence-electron chi connectivity index (χ0n) is 13.7. The molecule has 0 saturated heterocycles. The van der Waals surface area contributed by atoms with E-state index in [1.54, 1.807) is 11.3 Å². The maximum atomic E-state index is 12.0. The number of aryl methyl sites for hydroxylation is 2. The van der Waals surface area contributed by atoms with Crippen LogP contribution >= 0.6 is 11.3 Å². The third kappa shape index (κ3) is 4.10. The van der Waals surface area contributed by atoms with Crippen LogP contribution in [0.25, 0.3) is 0 Å². The van der Waals surface area contributed by atoms with Crippen LogP contribution < -0.4 is 10.6 Å². The first-order chi connectivity index (χ1) is 11.0. The second kappa shape index (κ2) is 6.70. The van der Waals surface area contributed by atoms with E-state index in [0.717, 1.165) is 22.7 Å². The lowest BCUT2D eigenvalue weighted by Crippen LogP contribution is -2.41. The van der Waals surface area contributed by atoms with Gasteiger partial charge in [-0.25, -0.2) is 9.78 Å². The molecule has 2 amide bonds. The van der Waals surface area contributed by atoms with Crippen molar-refractivity contribution in [1.82, 2.24) is 20.8 Å². The molecule has 1 saturated carbocycles. The summed E-state index contributed by atoms with van der Waals surface area (Å²) < 4.78 is 5.15. The fourth-order valence-corrected chi connectivity index (χ4v) is 3.51. The summed E-state index contributed by atoms with van der Waals surface area (Å²) in [6.07, 6.45) is 3.21. The van der Waals surface area contributed by atoms with Crippen LogP contribution in [-0.4, -0.2) is 22.2 Å². The van der Waals surface area contributed by atoms with Gasteiger partial charge in [-0.1, -0.05) is 5.16 Å². The van der Waals surface area contributed by atoms with Crippen LogP contribution in [0.15, 0.2) is 9.90 Å². The zero-order chi connectivity index (χ0) is 16.4. The van der Waals surface area contributed by atoms with Crippen molar-refractivity contribution in [1.29, 1.82) is 0 Å². The number of carbonyl (C=O) groups is 1. The van der Waals surface area contributed by atoms with Crippen molar-refractivity contribution in [2.24, 2.45) is 0 Å². The van der Waals surface area contributed by atoms with Gasteiger partial charge in [0.15, 0.2) is 0 Å². The summed E-state index contributed by atoms with van der Waals surface area (Å²) in [6, 6.07) is -0.172. The summed E-state index contributed by atoms with van der Waals surface area (Å²) in [4.78, 5) is 16.6. The predicted molar refractivity (Wildman–Crippen MR) is 88.6 cm³/mol. The average Bonchev–Trinajstić information content (AvgIpc) is 3.18. The molecule has 7 heteroatoms. The van der Waals surface area contributed by atoms with Gasteiger partial charge in [-0.15, -0.1) is 11.3 Å². The van der Waals surface area contributed by atoms with Crippen molar-refractivity contribution in [2.75, 3.05) is 0 Å². The second-order valence-electron chi connectivity index (χ2n) is 6.19. The highest BCUT2D eigenvalue weighted by Crippen LogP contribution is 2.41. The van der Waals surface area contributed by atoms with Gasteiger partial charge in [-0.3, -0.25) is 0 Å². The predicted octanol–water partition coefficient (Wildman–Crippen LogP) is 3.06. The summed E-state index contributed by atoms with van der Waals surface area (Å²) >= 11 is 1.69. The van der Waals surface area contributed by atoms with E-state index in [1.807, 2.05) is 26.2 Å². The van der Waals surface area contributed by atoms with Gasteiger partial charge in [0, 0.05) is 22.9 Å². The van der Waals surface area contributed by atoms with E-state index in [0.29, 0.717) is 18.9 Å². The lowest BCUT2D eigenvalue weighted by molar-refractivity contribution is 0.237. The van der Waals surface area contributed by atoms with Gasteiger partial charge in [0.2, 0.25) is 0 Å². The Kier molecular flexibility index (Phi) is 4.66. The number of carbonyl (C=O) groups excluding carboxylic acids is 1. The Labute approximate surface area is 139 Å². The highest BCUT2D eigenvalue weighted by Gasteiger charge is 2.26. The normalized spacial score (nSPS) is 15.4. The Balaban J connectivity index is 1.44. The summed E-state index contributed by atoms with van der Waals surface area (Å²) in [5.41, 5.74) is 2.88. The smallest absolute Gasteiger partial charge is 0.315 e. The number of nitrogens with zero attached hydrogens (tertiary/aromatic N) is 2. The molecule has 1 aliphatic carbocycles. The number of hydrogen-bond acceptors (Lipinski definition) is 5. The van der Waals surface area contributed by atoms with Gasteiger partial charge >= 0.3 is 6.03 Å². The molecule has 0 spiro atoms. The summed E-state index contributed by atoms with van der Waals surface area (Å²) in [6.45, 7) is 6.24. The number of rotatable bonds is 6. The SMILES string of the molecule is Cc1noc(C)c1C[C@H](C)NC(=O)NCc1csc(C2CC2)n1. The Hall–Kier alpha value is -1.89. The van der Waals surface area contributed by atoms with E-state index in [9.17, 15) is 4.79 Å². The fraction of sp³-hybridized carbons (Fsp3) is 0.562. The Morgan fingerprint density at radius 3 is 2.91 bits per heavy atom. The molecular formula is C16H22N4O2S. The van der Waals surface area contributed by atoms with Crippen molar-refractivity contribution in [3.8, 4) is 0 Å². The minimum Gasteiger partial charge on any atom is -0.361 e. The Bertz CT molecular complexity index is 671. The lowest BCUT2D eigenvalue weighted by Gasteiger charge is -2.14. The average molecular weight is 334 g/mol. The maximum Gasteiger partial charge on any atom is 0.315 e. The molecule has 6 nitrogen and oxygen atoms in total. The monoisotopic (exact) mass is 334 g/mol. The second-order valence-corrected chi connectivity index (χ2v) is 7.08. The fourth-order valence-electron chi connectivity index (χ4n) is 2.52. The minimum absolute atomic E-state index is 0.00394. The first kappa shape index (κ1) is 16.0. The number of hydrogen-bond donors (Lipinski definition) is 2. The topological polar surface area (TPSA) is 80.0 Å². The third-order valence-corrected chi connectivity index (χ3v) is 5.05. The lowest BCUT2D eigenvalue weighted by atomic mass is 10.1. The Morgan fingerprint density at radius 1 is 1.48 bits per heavy atom. The van der Waals surface area contributed by atoms with Crippen LogP contribution in [0, 0.1) is 13.8 Å². The van der Waals surface area contributed by atoms with E-state index in [-0.39, 0.29) is 12.1 Å². The van der Waals surface area contributed by atoms with Crippen LogP contribution in [0.1, 0.15) is 53.4 Å². The van der Waals surface area contributed by atoms with E-state index >= 15 is 0 Å². The number of nitrogens with one attached hydrogen (secondary N) is 2. The number of thiazole rings is 1. The highest BCUT2D eigenvalue weighted by atomic mass is 32.1. The van der Waals surface area contributed by atoms with Crippen LogP contribution in [0.3, 0.4) is 0 Å². The largest absolute Gasteiger partial charge is 0.361 e. The van der Waals surface area contributed by atoms with Gasteiger partial charge in [0.05, 0.1) is 22.9 Å². The molecule has 1 atom stereocenters. The van der Waals surface area contributed by atoms with Crippen molar-refractivity contribution < 1.29 is 9.32 Å². The van der Waals surface area contributed by atoms with Gasteiger partial charge in [-0.2, -0.15) is 0 Å². The first-order valence-electron chi connectivity index (χ1n) is 7.93. The van der Waals surface area contributed by atoms with Gasteiger partial charge < -0.3 is 15.2 Å². The molecule has 0 radical (unpaired) electrons. The molecule has 2 heterocycles. The molecule has 0 unspecified atom stereocenters. The van der Waals surface area contributed by atoms with Gasteiger partial charge in [-0.05, 0) is 40.0 Å². The molecule has 2 N–H and O–H groups in total. The summed E-state index contributed by atoms with van der Waals surface area (Å²) in [5.74, 6) is 1.48. The number of urea groups is 1. The molecule has 1 aliphatic rings. The van der Waals surface area contributed by atoms with E-state index < -0.39 is 0 Å². The standard InChI is InChI=1S/C16H22N4O2S/c1-9(6-14-10(2)20-22-11(14)3)18-16(21)17-7-13-8-23-15(19-13)12-4-5-12/h8-9,12H,4-7H2,1-3H3,(H2,17,18,21)/t9-/m0/s1. The Morgan fingerprint density at radius 2 is 2.26 bits per heavy atom. The van der Waals surface area contributed by atoms with E-state index in [1.165, 1.54) is 17.8 Å². The zero-order valence-corrected chi connectivity index (χ0v) is 14.5. The maximum absolute atomic E-state index is 12.0. The van der Waals surface area contributed by atoms with Crippen LogP contribution in [-0.2, 0) is 13.0 Å². The molecule has 0 aromatic carbocycles. The van der Waals surface area contributed by atoms with Crippen molar-refractivity contribution in [3.05, 3.63) is 33.1 Å². The van der Waals surface area contributed by atoms with Crippen molar-refractivity contribution in [2.45, 2.75) is 58.5 Å². The van der Waals surface area contributed by atoms with E-state index in [4.69, 9.17) is 4.52 Å². The van der Waals surface area contributed by atoms with Crippen LogP contribution in [0.2, 0.25) is 0 Å². The summed E-state index contributed by atoms with van der Waals surface area (Å²) in [5, 5.41) is 13.0. The van der Waals surface area contributed by atoms with Crippen molar-refractivity contribution >= 4 is 17.4 Å². The number of amides is 2. The van der Waals surface area contributed by atoms with Gasteiger partial charge in [0.25, 0.3) is 0 Å². The molecule has 124 valence electrons. The molecule has 23 heavy (non-hydrogen) atoms. The molecular weight excluding hydrogens is 312 g/mol. The van der Waals surface area contributed by atoms with E-state index in [2.05, 4.69) is 20.8 Å². The minimum atomic E-state index is -0.176.